The molecule has 2 aromatic rings. The molecule has 0 aliphatic rings. The summed E-state index contributed by atoms with van der Waals surface area (Å²) < 4.78 is 15.3. The lowest BCUT2D eigenvalue weighted by Crippen LogP contribution is -2.12. The molecule has 0 aliphatic heterocycles. The van der Waals surface area contributed by atoms with Crippen molar-refractivity contribution in [2.24, 2.45) is 0 Å². The van der Waals surface area contributed by atoms with Crippen LogP contribution in [0.4, 0.5) is 0 Å². The number of hydrogen-bond acceptors (Lipinski definition) is 5. The van der Waals surface area contributed by atoms with Gasteiger partial charge in [0.1, 0.15) is 19.0 Å². The van der Waals surface area contributed by atoms with Gasteiger partial charge in [0.15, 0.2) is 0 Å². The summed E-state index contributed by atoms with van der Waals surface area (Å²) in [6.45, 7) is 2.28. The number of rotatable bonds is 9. The molecule has 0 heterocycles. The van der Waals surface area contributed by atoms with Gasteiger partial charge in [-0.15, -0.1) is 0 Å². The first-order valence-electron chi connectivity index (χ1n) is 7.90. The van der Waals surface area contributed by atoms with E-state index in [9.17, 15) is 9.59 Å². The van der Waals surface area contributed by atoms with Crippen LogP contribution in [0, 0.1) is 0 Å². The van der Waals surface area contributed by atoms with Gasteiger partial charge in [-0.05, 0) is 42.3 Å². The molecule has 0 aromatic heterocycles. The van der Waals surface area contributed by atoms with Crippen molar-refractivity contribution in [2.75, 3.05) is 26.4 Å². The van der Waals surface area contributed by atoms with Crippen LogP contribution in [-0.2, 0) is 14.3 Å². The second-order valence-electron chi connectivity index (χ2n) is 5.12. The number of carboxylic acid groups (broad SMARTS) is 1. The van der Waals surface area contributed by atoms with Gasteiger partial charge in [0.2, 0.25) is 0 Å². The second-order valence-corrected chi connectivity index (χ2v) is 5.12. The SMILES string of the molecule is CCOC(=O)c1ccc(-c2ccc(OCCOCC(=O)O)cc2)cc1. The van der Waals surface area contributed by atoms with Crippen molar-refractivity contribution in [3.63, 3.8) is 0 Å². The van der Waals surface area contributed by atoms with Crippen LogP contribution >= 0.6 is 0 Å². The molecular formula is C19H20O6. The van der Waals surface area contributed by atoms with Crippen molar-refractivity contribution in [1.82, 2.24) is 0 Å². The average Bonchev–Trinajstić information content (AvgIpc) is 2.62. The maximum Gasteiger partial charge on any atom is 0.338 e. The number of ether oxygens (including phenoxy) is 3. The quantitative estimate of drug-likeness (QED) is 0.556. The van der Waals surface area contributed by atoms with Gasteiger partial charge in [-0.2, -0.15) is 0 Å². The lowest BCUT2D eigenvalue weighted by atomic mass is 10.0. The second kappa shape index (κ2) is 9.44. The first kappa shape index (κ1) is 18.5. The van der Waals surface area contributed by atoms with E-state index >= 15 is 0 Å². The Morgan fingerprint density at radius 3 is 2.08 bits per heavy atom. The molecule has 0 radical (unpaired) electrons. The van der Waals surface area contributed by atoms with Crippen molar-refractivity contribution < 1.29 is 28.9 Å². The Hall–Kier alpha value is -2.86. The minimum atomic E-state index is -1.00. The number of benzene rings is 2. The van der Waals surface area contributed by atoms with Gasteiger partial charge in [-0.1, -0.05) is 24.3 Å². The zero-order valence-corrected chi connectivity index (χ0v) is 13.9. The van der Waals surface area contributed by atoms with Crippen molar-refractivity contribution in [1.29, 1.82) is 0 Å². The Kier molecular flexibility index (Phi) is 6.98. The third-order valence-corrected chi connectivity index (χ3v) is 3.31. The Labute approximate surface area is 146 Å². The highest BCUT2D eigenvalue weighted by Gasteiger charge is 2.06. The predicted molar refractivity (Wildman–Crippen MR) is 91.8 cm³/mol. The summed E-state index contributed by atoms with van der Waals surface area (Å²) in [7, 11) is 0. The topological polar surface area (TPSA) is 82.1 Å². The van der Waals surface area contributed by atoms with Gasteiger partial charge in [-0.25, -0.2) is 9.59 Å². The highest BCUT2D eigenvalue weighted by atomic mass is 16.5. The fraction of sp³-hybridized carbons (Fsp3) is 0.263. The molecule has 0 spiro atoms. The Morgan fingerprint density at radius 1 is 0.920 bits per heavy atom. The number of esters is 1. The minimum Gasteiger partial charge on any atom is -0.491 e. The molecule has 2 rings (SSSR count). The van der Waals surface area contributed by atoms with Crippen LogP contribution in [-0.4, -0.2) is 43.5 Å². The first-order chi connectivity index (χ1) is 12.1. The third kappa shape index (κ3) is 5.93. The zero-order valence-electron chi connectivity index (χ0n) is 13.9. The van der Waals surface area contributed by atoms with E-state index in [2.05, 4.69) is 0 Å². The Balaban J connectivity index is 1.89. The molecular weight excluding hydrogens is 324 g/mol. The van der Waals surface area contributed by atoms with Crippen molar-refractivity contribution >= 4 is 11.9 Å². The van der Waals surface area contributed by atoms with Crippen LogP contribution in [0.5, 0.6) is 5.75 Å². The summed E-state index contributed by atoms with van der Waals surface area (Å²) >= 11 is 0. The molecule has 0 saturated heterocycles. The van der Waals surface area contributed by atoms with E-state index in [1.54, 1.807) is 19.1 Å². The molecule has 0 fully saturated rings. The molecule has 0 amide bonds. The van der Waals surface area contributed by atoms with Crippen molar-refractivity contribution in [2.45, 2.75) is 6.92 Å². The van der Waals surface area contributed by atoms with Crippen molar-refractivity contribution in [3.05, 3.63) is 54.1 Å². The normalized spacial score (nSPS) is 10.3. The molecule has 0 saturated carbocycles. The molecule has 0 bridgehead atoms. The highest BCUT2D eigenvalue weighted by Crippen LogP contribution is 2.23. The molecule has 2 aromatic carbocycles. The van der Waals surface area contributed by atoms with Crippen LogP contribution < -0.4 is 4.74 Å². The fourth-order valence-corrected chi connectivity index (χ4v) is 2.13. The molecule has 6 heteroatoms. The smallest absolute Gasteiger partial charge is 0.338 e. The molecule has 132 valence electrons. The van der Waals surface area contributed by atoms with Crippen LogP contribution in [0.3, 0.4) is 0 Å². The summed E-state index contributed by atoms with van der Waals surface area (Å²) in [6.07, 6.45) is 0. The zero-order chi connectivity index (χ0) is 18.1. The standard InChI is InChI=1S/C19H20O6/c1-2-24-19(22)16-5-3-14(4-6-16)15-7-9-17(10-8-15)25-12-11-23-13-18(20)21/h3-10H,2,11-13H2,1H3,(H,20,21). The lowest BCUT2D eigenvalue weighted by Gasteiger charge is -2.08. The molecule has 0 aliphatic carbocycles. The van der Waals surface area contributed by atoms with Crippen LogP contribution in [0.1, 0.15) is 17.3 Å². The number of carbonyl (C=O) groups is 2. The number of aliphatic carboxylic acids is 1. The molecule has 0 unspecified atom stereocenters. The fourth-order valence-electron chi connectivity index (χ4n) is 2.13. The summed E-state index contributed by atoms with van der Waals surface area (Å²) in [5.41, 5.74) is 2.49. The summed E-state index contributed by atoms with van der Waals surface area (Å²) in [5.74, 6) is -0.660. The van der Waals surface area contributed by atoms with E-state index in [0.717, 1.165) is 11.1 Å². The minimum absolute atomic E-state index is 0.212. The van der Waals surface area contributed by atoms with Gasteiger partial charge in [0.25, 0.3) is 0 Å². The van der Waals surface area contributed by atoms with Gasteiger partial charge < -0.3 is 19.3 Å². The molecule has 1 N–H and O–H groups in total. The first-order valence-corrected chi connectivity index (χ1v) is 7.90. The number of carbonyl (C=O) groups excluding carboxylic acids is 1. The van der Waals surface area contributed by atoms with E-state index in [1.807, 2.05) is 36.4 Å². The Morgan fingerprint density at radius 2 is 1.52 bits per heavy atom. The van der Waals surface area contributed by atoms with E-state index < -0.39 is 5.97 Å². The van der Waals surface area contributed by atoms with E-state index in [-0.39, 0.29) is 25.8 Å². The predicted octanol–water partition coefficient (Wildman–Crippen LogP) is 3.01. The van der Waals surface area contributed by atoms with E-state index in [0.29, 0.717) is 17.9 Å². The van der Waals surface area contributed by atoms with Gasteiger partial charge in [-0.3, -0.25) is 0 Å². The van der Waals surface area contributed by atoms with Gasteiger partial charge in [0.05, 0.1) is 18.8 Å². The van der Waals surface area contributed by atoms with Gasteiger partial charge in [0, 0.05) is 0 Å². The largest absolute Gasteiger partial charge is 0.491 e. The summed E-state index contributed by atoms with van der Waals surface area (Å²) in [4.78, 5) is 21.9. The van der Waals surface area contributed by atoms with Crippen LogP contribution in [0.2, 0.25) is 0 Å². The number of carboxylic acids is 1. The molecule has 6 nitrogen and oxygen atoms in total. The monoisotopic (exact) mass is 344 g/mol. The average molecular weight is 344 g/mol. The summed E-state index contributed by atoms with van der Waals surface area (Å²) in [5, 5.41) is 8.45. The highest BCUT2D eigenvalue weighted by molar-refractivity contribution is 5.90. The van der Waals surface area contributed by atoms with E-state index in [1.165, 1.54) is 0 Å². The maximum atomic E-state index is 11.6. The van der Waals surface area contributed by atoms with Crippen molar-refractivity contribution in [3.8, 4) is 16.9 Å². The Bertz CT molecular complexity index is 691. The van der Waals surface area contributed by atoms with E-state index in [4.69, 9.17) is 19.3 Å². The third-order valence-electron chi connectivity index (χ3n) is 3.31. The number of hydrogen-bond donors (Lipinski definition) is 1. The van der Waals surface area contributed by atoms with Crippen LogP contribution in [0.15, 0.2) is 48.5 Å². The molecule has 0 atom stereocenters. The lowest BCUT2D eigenvalue weighted by molar-refractivity contribution is -0.142. The van der Waals surface area contributed by atoms with Crippen LogP contribution in [0.25, 0.3) is 11.1 Å². The van der Waals surface area contributed by atoms with Gasteiger partial charge >= 0.3 is 11.9 Å². The summed E-state index contributed by atoms with van der Waals surface area (Å²) in [6, 6.07) is 14.7. The molecule has 25 heavy (non-hydrogen) atoms. The maximum absolute atomic E-state index is 11.6.